The zero-order valence-corrected chi connectivity index (χ0v) is 24.5. The molecule has 0 saturated heterocycles. The molecule has 0 unspecified atom stereocenters. The van der Waals surface area contributed by atoms with Gasteiger partial charge in [0.1, 0.15) is 6.33 Å². The summed E-state index contributed by atoms with van der Waals surface area (Å²) in [5.74, 6) is 1.08. The van der Waals surface area contributed by atoms with Crippen LogP contribution in [0, 0.1) is 5.92 Å². The van der Waals surface area contributed by atoms with Gasteiger partial charge in [0.2, 0.25) is 5.78 Å². The molecule has 2 aromatic carbocycles. The molecule has 0 aliphatic heterocycles. The summed E-state index contributed by atoms with van der Waals surface area (Å²) in [4.78, 5) is 33.0. The first kappa shape index (κ1) is 28.8. The molecule has 3 aromatic heterocycles. The van der Waals surface area contributed by atoms with Crippen molar-refractivity contribution in [3.8, 4) is 22.5 Å². The van der Waals surface area contributed by atoms with Crippen molar-refractivity contribution >= 4 is 5.78 Å². The first-order valence-corrected chi connectivity index (χ1v) is 15.4. The Morgan fingerprint density at radius 1 is 1.00 bits per heavy atom. The van der Waals surface area contributed by atoms with Gasteiger partial charge in [-0.2, -0.15) is 10.1 Å². The molecule has 0 atom stereocenters. The second kappa shape index (κ2) is 12.9. The number of unbranched alkanes of at least 4 members (excludes halogenated alkanes) is 1. The van der Waals surface area contributed by atoms with Crippen molar-refractivity contribution in [1.29, 1.82) is 0 Å². The van der Waals surface area contributed by atoms with Crippen LogP contribution in [0.25, 0.3) is 28.3 Å². The summed E-state index contributed by atoms with van der Waals surface area (Å²) in [6, 6.07) is 16.0. The largest absolute Gasteiger partial charge is 0.439 e. The van der Waals surface area contributed by atoms with Gasteiger partial charge in [0.25, 0.3) is 5.56 Å². The molecule has 43 heavy (non-hydrogen) atoms. The molecule has 1 fully saturated rings. The molecule has 10 nitrogen and oxygen atoms in total. The van der Waals surface area contributed by atoms with Gasteiger partial charge in [0.15, 0.2) is 5.82 Å². The van der Waals surface area contributed by atoms with E-state index in [1.54, 1.807) is 6.33 Å². The molecule has 6 rings (SSSR count). The maximum atomic E-state index is 14.3. The Morgan fingerprint density at radius 3 is 2.47 bits per heavy atom. The van der Waals surface area contributed by atoms with E-state index < -0.39 is 5.76 Å². The Morgan fingerprint density at radius 2 is 1.77 bits per heavy atom. The molecule has 224 valence electrons. The van der Waals surface area contributed by atoms with E-state index in [-0.39, 0.29) is 18.2 Å². The minimum atomic E-state index is -0.593. The smallest absolute Gasteiger partial charge is 0.396 e. The fourth-order valence-corrected chi connectivity index (χ4v) is 6.61. The van der Waals surface area contributed by atoms with Crippen molar-refractivity contribution in [3.05, 3.63) is 92.6 Å². The van der Waals surface area contributed by atoms with Crippen molar-refractivity contribution in [2.24, 2.45) is 5.92 Å². The summed E-state index contributed by atoms with van der Waals surface area (Å²) in [5, 5.41) is 17.6. The monoisotopic (exact) mass is 582 g/mol. The number of H-pyrrole nitrogens is 1. The van der Waals surface area contributed by atoms with Gasteiger partial charge in [-0.05, 0) is 61.1 Å². The molecule has 10 heteroatoms. The quantitative estimate of drug-likeness (QED) is 0.201. The van der Waals surface area contributed by atoms with Crippen molar-refractivity contribution < 1.29 is 9.63 Å². The second-order valence-corrected chi connectivity index (χ2v) is 11.6. The van der Waals surface area contributed by atoms with Crippen LogP contribution in [0.3, 0.4) is 0 Å². The van der Waals surface area contributed by atoms with Crippen LogP contribution >= 0.6 is 0 Å². The van der Waals surface area contributed by atoms with Gasteiger partial charge in [-0.25, -0.2) is 9.31 Å². The van der Waals surface area contributed by atoms with E-state index in [1.807, 2.05) is 45.5 Å². The van der Waals surface area contributed by atoms with E-state index >= 15 is 0 Å². The summed E-state index contributed by atoms with van der Waals surface area (Å²) >= 11 is 0. The van der Waals surface area contributed by atoms with E-state index in [0.717, 1.165) is 91.3 Å². The first-order chi connectivity index (χ1) is 21.1. The molecule has 0 bridgehead atoms. The number of aryl methyl sites for hydroxylation is 1. The fraction of sp³-hybridized carbons (Fsp3) is 0.424. The fourth-order valence-electron chi connectivity index (χ4n) is 6.61. The highest BCUT2D eigenvalue weighted by Gasteiger charge is 2.27. The third-order valence-corrected chi connectivity index (χ3v) is 8.78. The number of hydrogen-bond acceptors (Lipinski definition) is 7. The summed E-state index contributed by atoms with van der Waals surface area (Å²) in [7, 11) is 0. The lowest BCUT2D eigenvalue weighted by Crippen LogP contribution is -2.34. The maximum Gasteiger partial charge on any atom is 0.439 e. The Balaban J connectivity index is 1.31. The number of nitrogens with one attached hydrogen (secondary N) is 1. The average molecular weight is 583 g/mol. The number of aromatic nitrogens is 6. The summed E-state index contributed by atoms with van der Waals surface area (Å²) in [6.45, 7) is 2.37. The predicted molar refractivity (Wildman–Crippen MR) is 164 cm³/mol. The van der Waals surface area contributed by atoms with Gasteiger partial charge >= 0.3 is 5.76 Å². The van der Waals surface area contributed by atoms with E-state index in [9.17, 15) is 9.59 Å². The molecular weight excluding hydrogens is 544 g/mol. The molecule has 3 heterocycles. The van der Waals surface area contributed by atoms with Crippen LogP contribution in [0.15, 0.2) is 69.0 Å². The summed E-state index contributed by atoms with van der Waals surface area (Å²) in [5.41, 5.74) is 5.44. The predicted octanol–water partition coefficient (Wildman–Crippen LogP) is 5.34. The third-order valence-electron chi connectivity index (χ3n) is 8.78. The topological polar surface area (TPSA) is 131 Å². The summed E-state index contributed by atoms with van der Waals surface area (Å²) in [6.07, 6.45) is 10.8. The SMILES string of the molecule is CCCc1c(Cc2ccc(-c3ccccc3-c3noc(=O)[nH]3)cc2)c(=O)n(C2CCC(CCCCO)CC2)c2ncnn12. The van der Waals surface area contributed by atoms with Gasteiger partial charge in [-0.1, -0.05) is 79.9 Å². The van der Waals surface area contributed by atoms with Crippen LogP contribution in [0.1, 0.15) is 81.2 Å². The number of fused-ring (bicyclic) bond motifs is 1. The number of benzene rings is 2. The van der Waals surface area contributed by atoms with E-state index in [1.165, 1.54) is 0 Å². The van der Waals surface area contributed by atoms with Gasteiger partial charge < -0.3 is 5.11 Å². The van der Waals surface area contributed by atoms with Crippen molar-refractivity contribution in [2.45, 2.75) is 77.2 Å². The highest BCUT2D eigenvalue weighted by Crippen LogP contribution is 2.35. The Hall–Kier alpha value is -4.31. The molecule has 1 aliphatic rings. The number of nitrogens with zero attached hydrogens (tertiary/aromatic N) is 5. The second-order valence-electron chi connectivity index (χ2n) is 11.6. The molecule has 0 radical (unpaired) electrons. The van der Waals surface area contributed by atoms with Crippen LogP contribution in [0.4, 0.5) is 0 Å². The third kappa shape index (κ3) is 5.97. The van der Waals surface area contributed by atoms with E-state index in [4.69, 9.17) is 9.63 Å². The van der Waals surface area contributed by atoms with Crippen molar-refractivity contribution in [3.63, 3.8) is 0 Å². The molecule has 2 N–H and O–H groups in total. The standard InChI is InChI=1S/C33H38N6O4/c1-2-7-29-28(20-23-11-15-24(16-12-23)26-9-3-4-10-27(26)30-36-33(42)43-37-30)31(41)38(32-34-21-35-39(29)32)25-17-13-22(14-18-25)8-5-6-19-40/h3-4,9-12,15-16,21-22,25,40H,2,5-8,13-14,17-20H2,1H3,(H,36,37,42). The molecule has 1 saturated carbocycles. The normalized spacial score (nSPS) is 17.1. The lowest BCUT2D eigenvalue weighted by Gasteiger charge is -2.30. The first-order valence-electron chi connectivity index (χ1n) is 15.4. The Kier molecular flexibility index (Phi) is 8.64. The average Bonchev–Trinajstić information content (AvgIpc) is 3.69. The molecule has 0 amide bonds. The molecule has 5 aromatic rings. The van der Waals surface area contributed by atoms with Crippen LogP contribution in [0.2, 0.25) is 0 Å². The minimum Gasteiger partial charge on any atom is -0.396 e. The van der Waals surface area contributed by atoms with Crippen molar-refractivity contribution in [1.82, 2.24) is 29.3 Å². The van der Waals surface area contributed by atoms with Gasteiger partial charge in [-0.3, -0.25) is 18.9 Å². The number of hydrogen-bond donors (Lipinski definition) is 2. The summed E-state index contributed by atoms with van der Waals surface area (Å²) < 4.78 is 8.53. The van der Waals surface area contributed by atoms with E-state index in [0.29, 0.717) is 23.9 Å². The highest BCUT2D eigenvalue weighted by molar-refractivity contribution is 5.80. The number of aliphatic hydroxyl groups is 1. The van der Waals surface area contributed by atoms with Crippen molar-refractivity contribution in [2.75, 3.05) is 6.61 Å². The van der Waals surface area contributed by atoms with Gasteiger partial charge in [0, 0.05) is 30.2 Å². The Labute approximate surface area is 249 Å². The van der Waals surface area contributed by atoms with Gasteiger partial charge in [-0.15, -0.1) is 0 Å². The maximum absolute atomic E-state index is 14.3. The highest BCUT2D eigenvalue weighted by atomic mass is 16.5. The zero-order chi connectivity index (χ0) is 29.8. The van der Waals surface area contributed by atoms with Crippen LogP contribution < -0.4 is 11.3 Å². The van der Waals surface area contributed by atoms with E-state index in [2.05, 4.69) is 39.3 Å². The molecular formula is C33H38N6O4. The zero-order valence-electron chi connectivity index (χ0n) is 24.5. The number of aromatic amines is 1. The van der Waals surface area contributed by atoms with Crippen LogP contribution in [-0.4, -0.2) is 41.0 Å². The number of aliphatic hydroxyl groups excluding tert-OH is 1. The lowest BCUT2D eigenvalue weighted by atomic mass is 9.83. The van der Waals surface area contributed by atoms with Crippen LogP contribution in [0.5, 0.6) is 0 Å². The lowest BCUT2D eigenvalue weighted by molar-refractivity contribution is 0.242. The minimum absolute atomic E-state index is 0.0390. The molecule has 0 spiro atoms. The van der Waals surface area contributed by atoms with Gasteiger partial charge in [0.05, 0.1) is 5.69 Å². The number of rotatable bonds is 11. The Bertz CT molecular complexity index is 1790. The molecule has 1 aliphatic carbocycles. The van der Waals surface area contributed by atoms with Crippen LogP contribution in [-0.2, 0) is 12.8 Å².